The summed E-state index contributed by atoms with van der Waals surface area (Å²) in [4.78, 5) is 31.3. The maximum absolute atomic E-state index is 13.0. The van der Waals surface area contributed by atoms with Crippen LogP contribution in [0.1, 0.15) is 11.5 Å². The number of rotatable bonds is 4. The number of nitrogens with zero attached hydrogens (tertiary/aromatic N) is 6. The van der Waals surface area contributed by atoms with E-state index >= 15 is 0 Å². The number of carbonyl (C=O) groups is 2. The Morgan fingerprint density at radius 2 is 1.90 bits per heavy atom. The van der Waals surface area contributed by atoms with E-state index in [1.165, 1.54) is 9.91 Å². The van der Waals surface area contributed by atoms with Crippen molar-refractivity contribution in [3.8, 4) is 11.4 Å². The summed E-state index contributed by atoms with van der Waals surface area (Å²) in [6.45, 7) is 2.02. The first-order valence-corrected chi connectivity index (χ1v) is 10.0. The van der Waals surface area contributed by atoms with Crippen LogP contribution in [0.5, 0.6) is 0 Å². The lowest BCUT2D eigenvalue weighted by Gasteiger charge is -2.19. The summed E-state index contributed by atoms with van der Waals surface area (Å²) >= 11 is 3.41. The van der Waals surface area contributed by atoms with Gasteiger partial charge in [0.05, 0.1) is 5.69 Å². The molecule has 150 valence electrons. The maximum atomic E-state index is 13.0. The van der Waals surface area contributed by atoms with Crippen molar-refractivity contribution in [1.82, 2.24) is 15.1 Å². The summed E-state index contributed by atoms with van der Waals surface area (Å²) in [5, 5.41) is 13.4. The van der Waals surface area contributed by atoms with Crippen LogP contribution in [-0.4, -0.2) is 39.0 Å². The minimum Gasteiger partial charge on any atom is -0.337 e. The van der Waals surface area contributed by atoms with Crippen LogP contribution < -0.4 is 4.90 Å². The van der Waals surface area contributed by atoms with Gasteiger partial charge in [0.25, 0.3) is 11.8 Å². The van der Waals surface area contributed by atoms with Crippen molar-refractivity contribution in [2.24, 2.45) is 10.3 Å². The number of imide groups is 1. The Balaban J connectivity index is 1.36. The number of aryl methyl sites for hydroxylation is 1. The molecule has 0 aliphatic carbocycles. The molecule has 0 spiro atoms. The molecule has 2 atom stereocenters. The Morgan fingerprint density at radius 3 is 2.67 bits per heavy atom. The van der Waals surface area contributed by atoms with E-state index < -0.39 is 12.1 Å². The Hall–Kier alpha value is -3.40. The van der Waals surface area contributed by atoms with Gasteiger partial charge in [0.1, 0.15) is 6.54 Å². The molecule has 0 saturated carbocycles. The van der Waals surface area contributed by atoms with Crippen molar-refractivity contribution in [2.45, 2.75) is 25.6 Å². The van der Waals surface area contributed by atoms with Gasteiger partial charge in [-0.1, -0.05) is 56.1 Å². The predicted molar refractivity (Wildman–Crippen MR) is 109 cm³/mol. The number of benzene rings is 2. The molecule has 2 aliphatic heterocycles. The Kier molecular flexibility index (Phi) is 4.43. The molecule has 2 aromatic carbocycles. The number of halogens is 1. The molecule has 9 nitrogen and oxygen atoms in total. The zero-order chi connectivity index (χ0) is 20.8. The summed E-state index contributed by atoms with van der Waals surface area (Å²) in [5.41, 5.74) is 2.35. The zero-order valence-corrected chi connectivity index (χ0v) is 17.4. The van der Waals surface area contributed by atoms with Crippen LogP contribution >= 0.6 is 15.9 Å². The Bertz CT molecular complexity index is 1180. The predicted octanol–water partition coefficient (Wildman–Crippen LogP) is 3.30. The number of amides is 2. The fourth-order valence-electron chi connectivity index (χ4n) is 3.50. The van der Waals surface area contributed by atoms with Gasteiger partial charge in [-0.25, -0.2) is 4.90 Å². The molecule has 3 heterocycles. The normalized spacial score (nSPS) is 20.3. The molecular formula is C20H15BrN6O3. The van der Waals surface area contributed by atoms with Gasteiger partial charge in [0.2, 0.25) is 11.7 Å². The van der Waals surface area contributed by atoms with Gasteiger partial charge >= 0.3 is 0 Å². The van der Waals surface area contributed by atoms with Crippen molar-refractivity contribution in [3.05, 3.63) is 64.5 Å². The van der Waals surface area contributed by atoms with Gasteiger partial charge in [-0.2, -0.15) is 10.1 Å². The van der Waals surface area contributed by atoms with E-state index in [2.05, 4.69) is 36.4 Å². The van der Waals surface area contributed by atoms with Crippen molar-refractivity contribution in [1.29, 1.82) is 0 Å². The van der Waals surface area contributed by atoms with Crippen LogP contribution in [0, 0.1) is 6.92 Å². The Labute approximate surface area is 179 Å². The average molecular weight is 467 g/mol. The van der Waals surface area contributed by atoms with E-state index in [1.54, 1.807) is 12.1 Å². The molecule has 2 amide bonds. The van der Waals surface area contributed by atoms with Crippen molar-refractivity contribution in [3.63, 3.8) is 0 Å². The number of fused-ring (bicyclic) bond motifs is 1. The fourth-order valence-corrected chi connectivity index (χ4v) is 3.90. The Morgan fingerprint density at radius 1 is 1.10 bits per heavy atom. The van der Waals surface area contributed by atoms with Gasteiger partial charge in [-0.15, -0.1) is 0 Å². The van der Waals surface area contributed by atoms with Crippen LogP contribution in [-0.2, 0) is 16.1 Å². The number of hydrogen-bond donors (Lipinski definition) is 0. The number of hydrogen-bond acceptors (Lipinski definition) is 8. The van der Waals surface area contributed by atoms with Crippen LogP contribution in [0.2, 0.25) is 0 Å². The molecule has 5 rings (SSSR count). The van der Waals surface area contributed by atoms with Crippen molar-refractivity contribution >= 4 is 33.4 Å². The number of anilines is 1. The van der Waals surface area contributed by atoms with E-state index in [-0.39, 0.29) is 24.2 Å². The second kappa shape index (κ2) is 7.13. The first-order chi connectivity index (χ1) is 14.5. The molecule has 1 aromatic heterocycles. The average Bonchev–Trinajstić information content (AvgIpc) is 3.42. The maximum Gasteiger partial charge on any atom is 0.263 e. The lowest BCUT2D eigenvalue weighted by molar-refractivity contribution is -0.123. The first kappa shape index (κ1) is 18.6. The quantitative estimate of drug-likeness (QED) is 0.546. The summed E-state index contributed by atoms with van der Waals surface area (Å²) in [5.74, 6) is -0.0567. The van der Waals surface area contributed by atoms with Crippen molar-refractivity contribution < 1.29 is 14.1 Å². The van der Waals surface area contributed by atoms with Crippen molar-refractivity contribution in [2.75, 3.05) is 4.90 Å². The summed E-state index contributed by atoms with van der Waals surface area (Å²) in [6, 6.07) is 13.0. The number of aromatic nitrogens is 2. The van der Waals surface area contributed by atoms with Gasteiger partial charge in [-0.3, -0.25) is 14.6 Å². The second-order valence-electron chi connectivity index (χ2n) is 7.06. The molecule has 0 bridgehead atoms. The van der Waals surface area contributed by atoms with Crippen LogP contribution in [0.25, 0.3) is 11.4 Å². The smallest absolute Gasteiger partial charge is 0.263 e. The van der Waals surface area contributed by atoms with E-state index in [4.69, 9.17) is 4.52 Å². The highest BCUT2D eigenvalue weighted by molar-refractivity contribution is 9.10. The van der Waals surface area contributed by atoms with Gasteiger partial charge in [0, 0.05) is 10.0 Å². The summed E-state index contributed by atoms with van der Waals surface area (Å²) < 4.78 is 6.22. The van der Waals surface area contributed by atoms with Gasteiger partial charge < -0.3 is 4.52 Å². The molecule has 1 saturated heterocycles. The molecule has 1 fully saturated rings. The highest BCUT2D eigenvalue weighted by atomic mass is 79.9. The van der Waals surface area contributed by atoms with Crippen LogP contribution in [0.4, 0.5) is 5.69 Å². The molecule has 2 aliphatic rings. The molecule has 3 aromatic rings. The lowest BCUT2D eigenvalue weighted by Crippen LogP contribution is -2.39. The molecule has 30 heavy (non-hydrogen) atoms. The standard InChI is InChI=1S/C20H15BrN6O3/c1-11-5-7-14(8-6-11)27-19(28)16-17(20(27)29)26(25-23-16)10-15-22-18(24-30-15)12-3-2-4-13(21)9-12/h2-9,16-17H,10H2,1H3/t16-,17-/m1/s1. The zero-order valence-electron chi connectivity index (χ0n) is 15.8. The topological polar surface area (TPSA) is 104 Å². The molecule has 0 N–H and O–H groups in total. The largest absolute Gasteiger partial charge is 0.337 e. The highest BCUT2D eigenvalue weighted by Crippen LogP contribution is 2.33. The summed E-state index contributed by atoms with van der Waals surface area (Å²) in [7, 11) is 0. The monoisotopic (exact) mass is 466 g/mol. The van der Waals surface area contributed by atoms with E-state index in [0.29, 0.717) is 11.5 Å². The van der Waals surface area contributed by atoms with Crippen LogP contribution in [0.15, 0.2) is 67.9 Å². The number of carbonyl (C=O) groups excluding carboxylic acids is 2. The second-order valence-corrected chi connectivity index (χ2v) is 7.98. The third-order valence-electron chi connectivity index (χ3n) is 5.00. The van der Waals surface area contributed by atoms with Crippen LogP contribution in [0.3, 0.4) is 0 Å². The lowest BCUT2D eigenvalue weighted by atomic mass is 10.1. The van der Waals surface area contributed by atoms with E-state index in [9.17, 15) is 9.59 Å². The molecular weight excluding hydrogens is 452 g/mol. The minimum absolute atomic E-state index is 0.0758. The van der Waals surface area contributed by atoms with Gasteiger partial charge in [0.15, 0.2) is 12.1 Å². The molecule has 0 unspecified atom stereocenters. The molecule has 0 radical (unpaired) electrons. The van der Waals surface area contributed by atoms with E-state index in [0.717, 1.165) is 15.6 Å². The fraction of sp³-hybridized carbons (Fsp3) is 0.200. The minimum atomic E-state index is -0.869. The molecule has 10 heteroatoms. The summed E-state index contributed by atoms with van der Waals surface area (Å²) in [6.07, 6.45) is 0. The first-order valence-electron chi connectivity index (χ1n) is 9.22. The highest BCUT2D eigenvalue weighted by Gasteiger charge is 2.55. The van der Waals surface area contributed by atoms with Gasteiger partial charge in [-0.05, 0) is 31.2 Å². The third kappa shape index (κ3) is 3.09. The van der Waals surface area contributed by atoms with E-state index in [1.807, 2.05) is 43.3 Å². The SMILES string of the molecule is Cc1ccc(N2C(=O)[C@@H]3N=NN(Cc4nc(-c5cccc(Br)c5)no4)[C@H]3C2=O)cc1. The third-order valence-corrected chi connectivity index (χ3v) is 5.49.